The van der Waals surface area contributed by atoms with Gasteiger partial charge in [-0.2, -0.15) is 4.99 Å². The van der Waals surface area contributed by atoms with Crippen molar-refractivity contribution in [2.45, 2.75) is 24.7 Å². The Labute approximate surface area is 109 Å². The quantitative estimate of drug-likeness (QED) is 0.321. The second kappa shape index (κ2) is 7.02. The zero-order valence-electron chi connectivity index (χ0n) is 8.80. The van der Waals surface area contributed by atoms with Crippen molar-refractivity contribution < 1.29 is 4.39 Å². The molecule has 0 heterocycles. The highest BCUT2D eigenvalue weighted by Crippen LogP contribution is 2.33. The van der Waals surface area contributed by atoms with E-state index >= 15 is 0 Å². The standard InChI is InChI=1S/C11H11ClFNS2/c1-2-3-4-16-11-6-10(14-7-15)9(13)5-8(11)12/h5-6H,2-4H2,1H3. The number of thiocarbonyl (C=S) groups is 1. The van der Waals surface area contributed by atoms with Crippen LogP contribution >= 0.6 is 35.6 Å². The van der Waals surface area contributed by atoms with Crippen molar-refractivity contribution in [1.82, 2.24) is 0 Å². The van der Waals surface area contributed by atoms with Gasteiger partial charge < -0.3 is 0 Å². The van der Waals surface area contributed by atoms with Crippen LogP contribution in [-0.2, 0) is 0 Å². The minimum Gasteiger partial charge on any atom is -0.205 e. The van der Waals surface area contributed by atoms with Crippen LogP contribution in [0, 0.1) is 5.82 Å². The fraction of sp³-hybridized carbons (Fsp3) is 0.364. The maximum atomic E-state index is 13.3. The van der Waals surface area contributed by atoms with Gasteiger partial charge in [-0.05, 0) is 36.5 Å². The van der Waals surface area contributed by atoms with E-state index in [4.69, 9.17) is 11.6 Å². The molecule has 0 aliphatic rings. The number of hydrogen-bond donors (Lipinski definition) is 0. The lowest BCUT2D eigenvalue weighted by atomic mass is 10.3. The number of nitrogens with zero attached hydrogens (tertiary/aromatic N) is 1. The molecule has 0 unspecified atom stereocenters. The molecule has 0 bridgehead atoms. The Morgan fingerprint density at radius 2 is 2.31 bits per heavy atom. The number of aliphatic imine (C=N–C) groups is 1. The molecule has 0 aliphatic carbocycles. The molecule has 0 radical (unpaired) electrons. The summed E-state index contributed by atoms with van der Waals surface area (Å²) in [5.74, 6) is 0.491. The van der Waals surface area contributed by atoms with Gasteiger partial charge in [0, 0.05) is 4.90 Å². The molecule has 0 spiro atoms. The van der Waals surface area contributed by atoms with Crippen molar-refractivity contribution in [1.29, 1.82) is 0 Å². The molecule has 0 N–H and O–H groups in total. The molecule has 0 aromatic heterocycles. The molecule has 16 heavy (non-hydrogen) atoms. The third kappa shape index (κ3) is 3.87. The van der Waals surface area contributed by atoms with Gasteiger partial charge in [0.25, 0.3) is 0 Å². The van der Waals surface area contributed by atoms with Crippen LogP contribution in [0.1, 0.15) is 19.8 Å². The zero-order chi connectivity index (χ0) is 12.0. The molecule has 0 saturated heterocycles. The minimum absolute atomic E-state index is 0.193. The van der Waals surface area contributed by atoms with Crippen LogP contribution in [0.2, 0.25) is 5.02 Å². The summed E-state index contributed by atoms with van der Waals surface area (Å²) in [6.45, 7) is 2.12. The Kier molecular flexibility index (Phi) is 5.99. The molecule has 1 rings (SSSR count). The number of halogens is 2. The predicted octanol–water partition coefficient (Wildman–Crippen LogP) is 5.11. The smallest absolute Gasteiger partial charge is 0.151 e. The van der Waals surface area contributed by atoms with E-state index in [1.165, 1.54) is 6.07 Å². The van der Waals surface area contributed by atoms with E-state index in [-0.39, 0.29) is 5.69 Å². The van der Waals surface area contributed by atoms with Crippen LogP contribution in [0.3, 0.4) is 0 Å². The Morgan fingerprint density at radius 3 is 2.94 bits per heavy atom. The molecule has 1 nitrogen and oxygen atoms in total. The fourth-order valence-corrected chi connectivity index (χ4v) is 2.55. The summed E-state index contributed by atoms with van der Waals surface area (Å²) in [6, 6.07) is 2.87. The lowest BCUT2D eigenvalue weighted by Gasteiger charge is -2.05. The van der Waals surface area contributed by atoms with Gasteiger partial charge in [-0.15, -0.1) is 11.8 Å². The van der Waals surface area contributed by atoms with E-state index in [1.807, 2.05) is 0 Å². The van der Waals surface area contributed by atoms with Crippen LogP contribution in [0.25, 0.3) is 0 Å². The van der Waals surface area contributed by atoms with Gasteiger partial charge in [-0.1, -0.05) is 24.9 Å². The SMILES string of the molecule is CCCCSc1cc(N=C=S)c(F)cc1Cl. The predicted molar refractivity (Wildman–Crippen MR) is 71.7 cm³/mol. The van der Waals surface area contributed by atoms with Crippen LogP contribution in [-0.4, -0.2) is 10.9 Å². The molecule has 0 atom stereocenters. The molecule has 0 aliphatic heterocycles. The number of isothiocyanates is 1. The molecule has 86 valence electrons. The molecule has 0 saturated carbocycles. The van der Waals surface area contributed by atoms with Crippen LogP contribution < -0.4 is 0 Å². The molecule has 0 amide bonds. The summed E-state index contributed by atoms with van der Waals surface area (Å²) in [4.78, 5) is 4.49. The third-order valence-electron chi connectivity index (χ3n) is 1.92. The summed E-state index contributed by atoms with van der Waals surface area (Å²) in [5.41, 5.74) is 0.193. The molecular weight excluding hydrogens is 265 g/mol. The van der Waals surface area contributed by atoms with Crippen LogP contribution in [0.5, 0.6) is 0 Å². The summed E-state index contributed by atoms with van der Waals surface area (Å²) in [6.07, 6.45) is 2.22. The molecular formula is C11H11ClFNS2. The summed E-state index contributed by atoms with van der Waals surface area (Å²) < 4.78 is 13.3. The van der Waals surface area contributed by atoms with Crippen LogP contribution in [0.15, 0.2) is 22.0 Å². The van der Waals surface area contributed by atoms with Gasteiger partial charge in [-0.3, -0.25) is 0 Å². The monoisotopic (exact) mass is 275 g/mol. The maximum Gasteiger partial charge on any atom is 0.151 e. The molecule has 1 aromatic rings. The molecule has 1 aromatic carbocycles. The largest absolute Gasteiger partial charge is 0.205 e. The highest BCUT2D eigenvalue weighted by atomic mass is 35.5. The van der Waals surface area contributed by atoms with Crippen molar-refractivity contribution in [3.8, 4) is 0 Å². The summed E-state index contributed by atoms with van der Waals surface area (Å²) >= 11 is 12.0. The number of benzene rings is 1. The van der Waals surface area contributed by atoms with Gasteiger partial charge >= 0.3 is 0 Å². The Morgan fingerprint density at radius 1 is 1.56 bits per heavy atom. The van der Waals surface area contributed by atoms with E-state index in [1.54, 1.807) is 17.8 Å². The van der Waals surface area contributed by atoms with Crippen molar-refractivity contribution in [2.24, 2.45) is 4.99 Å². The second-order valence-electron chi connectivity index (χ2n) is 3.14. The van der Waals surface area contributed by atoms with Crippen molar-refractivity contribution >= 4 is 46.4 Å². The lowest BCUT2D eigenvalue weighted by molar-refractivity contribution is 0.629. The van der Waals surface area contributed by atoms with E-state index in [0.29, 0.717) is 5.02 Å². The first kappa shape index (κ1) is 13.7. The first-order chi connectivity index (χ1) is 7.69. The van der Waals surface area contributed by atoms with Crippen molar-refractivity contribution in [2.75, 3.05) is 5.75 Å². The van der Waals surface area contributed by atoms with Crippen LogP contribution in [0.4, 0.5) is 10.1 Å². The maximum absolute atomic E-state index is 13.3. The van der Waals surface area contributed by atoms with Crippen molar-refractivity contribution in [3.63, 3.8) is 0 Å². The second-order valence-corrected chi connectivity index (χ2v) is 4.87. The number of rotatable bonds is 5. The minimum atomic E-state index is -0.470. The average Bonchev–Trinajstić information content (AvgIpc) is 2.25. The number of hydrogen-bond acceptors (Lipinski definition) is 3. The zero-order valence-corrected chi connectivity index (χ0v) is 11.2. The first-order valence-corrected chi connectivity index (χ1v) is 6.66. The van der Waals surface area contributed by atoms with Gasteiger partial charge in [0.2, 0.25) is 0 Å². The van der Waals surface area contributed by atoms with Gasteiger partial charge in [0.15, 0.2) is 5.82 Å². The van der Waals surface area contributed by atoms with Gasteiger partial charge in [0.1, 0.15) is 5.69 Å². The Hall–Kier alpha value is -0.410. The normalized spacial score (nSPS) is 9.94. The van der Waals surface area contributed by atoms with Crippen molar-refractivity contribution in [3.05, 3.63) is 23.0 Å². The Balaban J connectivity index is 2.91. The lowest BCUT2D eigenvalue weighted by Crippen LogP contribution is -1.83. The summed E-state index contributed by atoms with van der Waals surface area (Å²) in [5, 5.41) is 2.57. The first-order valence-electron chi connectivity index (χ1n) is 4.88. The van der Waals surface area contributed by atoms with Gasteiger partial charge in [-0.25, -0.2) is 4.39 Å². The van der Waals surface area contributed by atoms with E-state index < -0.39 is 5.82 Å². The Bertz CT molecular complexity index is 417. The number of unbranched alkanes of at least 4 members (excludes halogenated alkanes) is 1. The highest BCUT2D eigenvalue weighted by molar-refractivity contribution is 7.99. The molecule has 5 heteroatoms. The van der Waals surface area contributed by atoms with E-state index in [0.717, 1.165) is 23.5 Å². The van der Waals surface area contributed by atoms with E-state index in [9.17, 15) is 4.39 Å². The van der Waals surface area contributed by atoms with E-state index in [2.05, 4.69) is 29.3 Å². The summed E-state index contributed by atoms with van der Waals surface area (Å²) in [7, 11) is 0. The fourth-order valence-electron chi connectivity index (χ4n) is 1.09. The highest BCUT2D eigenvalue weighted by Gasteiger charge is 2.08. The van der Waals surface area contributed by atoms with Gasteiger partial charge in [0.05, 0.1) is 10.2 Å². The average molecular weight is 276 g/mol. The third-order valence-corrected chi connectivity index (χ3v) is 3.58. The number of thioether (sulfide) groups is 1. The topological polar surface area (TPSA) is 12.4 Å². The molecule has 0 fully saturated rings.